The molecule has 0 amide bonds. The lowest BCUT2D eigenvalue weighted by Crippen LogP contribution is -2.36. The van der Waals surface area contributed by atoms with E-state index in [1.807, 2.05) is 20.8 Å². The average molecular weight is 570 g/mol. The maximum Gasteiger partial charge on any atom is 0.514 e. The highest BCUT2D eigenvalue weighted by molar-refractivity contribution is 5.76. The van der Waals surface area contributed by atoms with Gasteiger partial charge in [0, 0.05) is 0 Å². The molecular formula is C28H43NO11. The molecule has 0 fully saturated rings. The van der Waals surface area contributed by atoms with Crippen LogP contribution in [0.15, 0.2) is 18.2 Å². The number of ether oxygens (including phenoxy) is 7. The molecule has 0 spiro atoms. The summed E-state index contributed by atoms with van der Waals surface area (Å²) < 4.78 is 36.3. The van der Waals surface area contributed by atoms with E-state index in [9.17, 15) is 19.2 Å². The molecule has 0 aliphatic heterocycles. The first-order valence-electron chi connectivity index (χ1n) is 13.3. The van der Waals surface area contributed by atoms with Crippen molar-refractivity contribution in [3.05, 3.63) is 23.8 Å². The van der Waals surface area contributed by atoms with Gasteiger partial charge in [-0.2, -0.15) is 0 Å². The third-order valence-corrected chi connectivity index (χ3v) is 5.76. The number of benzene rings is 1. The fourth-order valence-electron chi connectivity index (χ4n) is 2.72. The molecular weight excluding hydrogens is 526 g/mol. The smallest absolute Gasteiger partial charge is 0.461 e. The molecule has 0 bridgehead atoms. The maximum absolute atomic E-state index is 12.5. The molecule has 12 heteroatoms. The lowest BCUT2D eigenvalue weighted by molar-refractivity contribution is -0.148. The van der Waals surface area contributed by atoms with Crippen molar-refractivity contribution >= 4 is 24.4 Å². The Morgan fingerprint density at radius 1 is 0.825 bits per heavy atom. The van der Waals surface area contributed by atoms with Gasteiger partial charge in [0.1, 0.15) is 30.0 Å². The van der Waals surface area contributed by atoms with Gasteiger partial charge in [-0.25, -0.2) is 14.4 Å². The normalized spacial score (nSPS) is 12.9. The zero-order valence-electron chi connectivity index (χ0n) is 24.7. The summed E-state index contributed by atoms with van der Waals surface area (Å²) in [7, 11) is 0. The van der Waals surface area contributed by atoms with Gasteiger partial charge < -0.3 is 38.9 Å². The average Bonchev–Trinajstić information content (AvgIpc) is 2.86. The Morgan fingerprint density at radius 2 is 1.38 bits per heavy atom. The van der Waals surface area contributed by atoms with Crippen LogP contribution in [-0.2, 0) is 34.9 Å². The number of rotatable bonds is 14. The van der Waals surface area contributed by atoms with Gasteiger partial charge >= 0.3 is 24.4 Å². The first kappa shape index (κ1) is 34.5. The summed E-state index contributed by atoms with van der Waals surface area (Å²) in [5.74, 6) is -0.965. The topological polar surface area (TPSA) is 159 Å². The molecule has 2 atom stereocenters. The quantitative estimate of drug-likeness (QED) is 0.171. The van der Waals surface area contributed by atoms with Crippen molar-refractivity contribution in [1.82, 2.24) is 0 Å². The van der Waals surface area contributed by atoms with Gasteiger partial charge in [0.2, 0.25) is 0 Å². The highest BCUT2D eigenvalue weighted by atomic mass is 16.8. The van der Waals surface area contributed by atoms with E-state index in [2.05, 4.69) is 0 Å². The molecule has 0 saturated heterocycles. The molecule has 0 aromatic heterocycles. The van der Waals surface area contributed by atoms with Gasteiger partial charge in [-0.3, -0.25) is 4.79 Å². The van der Waals surface area contributed by atoms with Gasteiger partial charge in [0.05, 0.1) is 6.61 Å². The van der Waals surface area contributed by atoms with Crippen LogP contribution in [0.3, 0.4) is 0 Å². The molecule has 1 rings (SSSR count). The van der Waals surface area contributed by atoms with Crippen molar-refractivity contribution in [2.75, 3.05) is 13.2 Å². The van der Waals surface area contributed by atoms with Crippen molar-refractivity contribution in [1.29, 1.82) is 0 Å². The van der Waals surface area contributed by atoms with Crippen molar-refractivity contribution in [2.45, 2.75) is 104 Å². The fourth-order valence-corrected chi connectivity index (χ4v) is 2.72. The summed E-state index contributed by atoms with van der Waals surface area (Å²) in [6, 6.07) is 3.24. The van der Waals surface area contributed by atoms with Crippen molar-refractivity contribution in [2.24, 2.45) is 5.73 Å². The zero-order chi connectivity index (χ0) is 30.5. The van der Waals surface area contributed by atoms with Gasteiger partial charge in [-0.1, -0.05) is 26.8 Å². The Kier molecular flexibility index (Phi) is 13.7. The van der Waals surface area contributed by atoms with E-state index in [1.165, 1.54) is 12.1 Å². The highest BCUT2D eigenvalue weighted by Crippen LogP contribution is 2.31. The molecule has 0 saturated carbocycles. The molecule has 0 unspecified atom stereocenters. The van der Waals surface area contributed by atoms with Crippen LogP contribution < -0.4 is 15.2 Å². The second-order valence-corrected chi connectivity index (χ2v) is 10.4. The van der Waals surface area contributed by atoms with E-state index in [4.69, 9.17) is 38.9 Å². The van der Waals surface area contributed by atoms with Gasteiger partial charge in [-0.05, 0) is 78.0 Å². The van der Waals surface area contributed by atoms with Crippen LogP contribution in [0, 0.1) is 0 Å². The molecule has 2 N–H and O–H groups in total. The number of esters is 1. The third-order valence-electron chi connectivity index (χ3n) is 5.76. The Balaban J connectivity index is 2.96. The second-order valence-electron chi connectivity index (χ2n) is 10.4. The third kappa shape index (κ3) is 13.0. The van der Waals surface area contributed by atoms with Gasteiger partial charge in [0.15, 0.2) is 11.5 Å². The number of nitrogens with two attached hydrogens (primary N) is 1. The van der Waals surface area contributed by atoms with E-state index < -0.39 is 47.8 Å². The van der Waals surface area contributed by atoms with Crippen LogP contribution >= 0.6 is 0 Å². The monoisotopic (exact) mass is 569 g/mol. The predicted molar refractivity (Wildman–Crippen MR) is 144 cm³/mol. The first-order chi connectivity index (χ1) is 18.6. The molecule has 12 nitrogen and oxygen atoms in total. The standard InChI is InChI=1S/C28H43NO11/c1-9-14-34-24(31)36-18(4)17-35-23(30)20(29)15-19-12-13-21(37-25(32)39-27(5,6)10-2)22(16-19)38-26(33)40-28(7,8)11-3/h12-13,16,18,20H,9-11,14-15,17,29H2,1-8H3/t18-,20-/m0/s1. The van der Waals surface area contributed by atoms with Crippen LogP contribution in [0.5, 0.6) is 11.5 Å². The largest absolute Gasteiger partial charge is 0.514 e. The minimum absolute atomic E-state index is 0.00787. The Labute approximate surface area is 235 Å². The molecule has 1 aromatic carbocycles. The summed E-state index contributed by atoms with van der Waals surface area (Å²) in [5, 5.41) is 0. The number of carbonyl (C=O) groups excluding carboxylic acids is 4. The van der Waals surface area contributed by atoms with E-state index in [1.54, 1.807) is 40.7 Å². The summed E-state index contributed by atoms with van der Waals surface area (Å²) in [6.07, 6.45) is -1.87. The summed E-state index contributed by atoms with van der Waals surface area (Å²) in [5.41, 5.74) is 4.93. The van der Waals surface area contributed by atoms with E-state index in [-0.39, 0.29) is 31.1 Å². The predicted octanol–water partition coefficient (Wildman–Crippen LogP) is 5.46. The Morgan fingerprint density at radius 3 is 1.90 bits per heavy atom. The van der Waals surface area contributed by atoms with Crippen molar-refractivity contribution < 1.29 is 52.3 Å². The molecule has 0 radical (unpaired) electrons. The van der Waals surface area contributed by atoms with Crippen molar-refractivity contribution in [3.8, 4) is 11.5 Å². The molecule has 40 heavy (non-hydrogen) atoms. The fraction of sp³-hybridized carbons (Fsp3) is 0.643. The maximum atomic E-state index is 12.5. The van der Waals surface area contributed by atoms with Gasteiger partial charge in [0.25, 0.3) is 0 Å². The van der Waals surface area contributed by atoms with Crippen LogP contribution in [0.25, 0.3) is 0 Å². The lowest BCUT2D eigenvalue weighted by Gasteiger charge is -2.24. The summed E-state index contributed by atoms with van der Waals surface area (Å²) in [6.45, 7) is 14.0. The second kappa shape index (κ2) is 15.9. The molecule has 1 aromatic rings. The van der Waals surface area contributed by atoms with Crippen LogP contribution in [0.1, 0.15) is 80.2 Å². The summed E-state index contributed by atoms with van der Waals surface area (Å²) in [4.78, 5) is 48.8. The molecule has 226 valence electrons. The summed E-state index contributed by atoms with van der Waals surface area (Å²) >= 11 is 0. The van der Waals surface area contributed by atoms with E-state index in [0.717, 1.165) is 0 Å². The lowest BCUT2D eigenvalue weighted by atomic mass is 10.1. The van der Waals surface area contributed by atoms with Crippen LogP contribution in [0.2, 0.25) is 0 Å². The minimum Gasteiger partial charge on any atom is -0.461 e. The SMILES string of the molecule is CCCOC(=O)O[C@@H](C)COC(=O)[C@@H](N)Cc1ccc(OC(=O)OC(C)(C)CC)c(OC(=O)OC(C)(C)CC)c1. The van der Waals surface area contributed by atoms with Crippen LogP contribution in [0.4, 0.5) is 14.4 Å². The van der Waals surface area contributed by atoms with Crippen LogP contribution in [-0.4, -0.2) is 61.0 Å². The number of hydrogen-bond acceptors (Lipinski definition) is 12. The Bertz CT molecular complexity index is 1010. The molecule has 0 heterocycles. The highest BCUT2D eigenvalue weighted by Gasteiger charge is 2.26. The van der Waals surface area contributed by atoms with Gasteiger partial charge in [-0.15, -0.1) is 0 Å². The van der Waals surface area contributed by atoms with E-state index in [0.29, 0.717) is 24.8 Å². The first-order valence-corrected chi connectivity index (χ1v) is 13.3. The molecule has 0 aliphatic carbocycles. The van der Waals surface area contributed by atoms with Crippen molar-refractivity contribution in [3.63, 3.8) is 0 Å². The minimum atomic E-state index is -1.10. The molecule has 0 aliphatic rings. The number of carbonyl (C=O) groups is 4. The Hall–Kier alpha value is -3.54. The number of hydrogen-bond donors (Lipinski definition) is 1. The van der Waals surface area contributed by atoms with E-state index >= 15 is 0 Å². The zero-order valence-corrected chi connectivity index (χ0v) is 24.7.